The molecule has 1 saturated carbocycles. The number of nitrogens with one attached hydrogen (secondary N) is 1. The summed E-state index contributed by atoms with van der Waals surface area (Å²) in [6.07, 6.45) is 3.51. The summed E-state index contributed by atoms with van der Waals surface area (Å²) >= 11 is 1.89. The van der Waals surface area contributed by atoms with Gasteiger partial charge in [0, 0.05) is 25.5 Å². The zero-order valence-corrected chi connectivity index (χ0v) is 13.0. The summed E-state index contributed by atoms with van der Waals surface area (Å²) in [5.41, 5.74) is 0.883. The summed E-state index contributed by atoms with van der Waals surface area (Å²) < 4.78 is 5.08. The Hall–Kier alpha value is -0.550. The van der Waals surface area contributed by atoms with Crippen molar-refractivity contribution in [3.05, 3.63) is 35.9 Å². The normalized spacial score (nSPS) is 17.9. The standard InChI is InChI=1S/C16H25NO2S/c1-19-10-5-11-20-13-16(12-18,17-15-8-9-15)14-6-3-2-4-7-14/h2-4,6-7,15,17-18H,5,8-13H2,1H3. The van der Waals surface area contributed by atoms with Gasteiger partial charge in [0.2, 0.25) is 0 Å². The number of methoxy groups -OCH3 is 1. The van der Waals surface area contributed by atoms with Gasteiger partial charge in [0.25, 0.3) is 0 Å². The van der Waals surface area contributed by atoms with Gasteiger partial charge in [0.05, 0.1) is 12.1 Å². The monoisotopic (exact) mass is 295 g/mol. The number of benzene rings is 1. The third kappa shape index (κ3) is 4.48. The van der Waals surface area contributed by atoms with Crippen molar-refractivity contribution in [1.82, 2.24) is 5.32 Å². The lowest BCUT2D eigenvalue weighted by Crippen LogP contribution is -2.49. The van der Waals surface area contributed by atoms with Gasteiger partial charge in [-0.3, -0.25) is 0 Å². The average Bonchev–Trinajstić information content (AvgIpc) is 3.30. The lowest BCUT2D eigenvalue weighted by Gasteiger charge is -2.34. The smallest absolute Gasteiger partial charge is 0.0762 e. The van der Waals surface area contributed by atoms with Crippen molar-refractivity contribution in [2.75, 3.05) is 31.8 Å². The molecular weight excluding hydrogens is 270 g/mol. The maximum Gasteiger partial charge on any atom is 0.0762 e. The molecule has 0 saturated heterocycles. The van der Waals surface area contributed by atoms with Crippen molar-refractivity contribution < 1.29 is 9.84 Å². The zero-order chi connectivity index (χ0) is 14.3. The van der Waals surface area contributed by atoms with Crippen molar-refractivity contribution in [3.63, 3.8) is 0 Å². The van der Waals surface area contributed by atoms with Crippen LogP contribution < -0.4 is 5.32 Å². The molecule has 3 nitrogen and oxygen atoms in total. The quantitative estimate of drug-likeness (QED) is 0.650. The molecule has 0 radical (unpaired) electrons. The Labute approximate surface area is 126 Å². The van der Waals surface area contributed by atoms with E-state index in [0.717, 1.165) is 24.5 Å². The highest BCUT2D eigenvalue weighted by Crippen LogP contribution is 2.31. The first-order valence-corrected chi connectivity index (χ1v) is 8.47. The van der Waals surface area contributed by atoms with Gasteiger partial charge in [-0.1, -0.05) is 30.3 Å². The maximum atomic E-state index is 10.0. The van der Waals surface area contributed by atoms with Crippen LogP contribution in [0.3, 0.4) is 0 Å². The first kappa shape index (κ1) is 15.8. The molecule has 0 amide bonds. The summed E-state index contributed by atoms with van der Waals surface area (Å²) in [7, 11) is 1.74. The van der Waals surface area contributed by atoms with Gasteiger partial charge in [0.1, 0.15) is 0 Å². The second-order valence-corrected chi connectivity index (χ2v) is 6.53. The van der Waals surface area contributed by atoms with Crippen LogP contribution in [-0.2, 0) is 10.3 Å². The number of aliphatic hydroxyl groups is 1. The van der Waals surface area contributed by atoms with E-state index in [1.54, 1.807) is 7.11 Å². The second-order valence-electron chi connectivity index (χ2n) is 5.42. The molecule has 0 bridgehead atoms. The Bertz CT molecular complexity index is 383. The van der Waals surface area contributed by atoms with Crippen LogP contribution in [-0.4, -0.2) is 43.0 Å². The number of ether oxygens (including phenoxy) is 1. The molecule has 4 heteroatoms. The fraction of sp³-hybridized carbons (Fsp3) is 0.625. The molecule has 1 aromatic rings. The molecule has 0 heterocycles. The van der Waals surface area contributed by atoms with Crippen LogP contribution in [0.1, 0.15) is 24.8 Å². The molecule has 1 aliphatic rings. The van der Waals surface area contributed by atoms with E-state index < -0.39 is 0 Å². The Kier molecular flexibility index (Phi) is 6.36. The van der Waals surface area contributed by atoms with Gasteiger partial charge in [-0.05, 0) is 30.6 Å². The van der Waals surface area contributed by atoms with Crippen molar-refractivity contribution in [2.45, 2.75) is 30.8 Å². The lowest BCUT2D eigenvalue weighted by atomic mass is 9.92. The first-order valence-electron chi connectivity index (χ1n) is 7.31. The Balaban J connectivity index is 1.98. The molecule has 1 aliphatic carbocycles. The minimum absolute atomic E-state index is 0.144. The van der Waals surface area contributed by atoms with Crippen LogP contribution >= 0.6 is 11.8 Å². The molecule has 112 valence electrons. The van der Waals surface area contributed by atoms with Crippen LogP contribution in [0, 0.1) is 0 Å². The fourth-order valence-corrected chi connectivity index (χ4v) is 3.47. The van der Waals surface area contributed by atoms with Gasteiger partial charge in [-0.25, -0.2) is 0 Å². The van der Waals surface area contributed by atoms with Gasteiger partial charge < -0.3 is 15.2 Å². The van der Waals surface area contributed by atoms with Crippen LogP contribution in [0.4, 0.5) is 0 Å². The van der Waals surface area contributed by atoms with Crippen LogP contribution in [0.25, 0.3) is 0 Å². The molecular formula is C16H25NO2S. The summed E-state index contributed by atoms with van der Waals surface area (Å²) in [6, 6.07) is 10.9. The summed E-state index contributed by atoms with van der Waals surface area (Å²) in [5.74, 6) is 1.96. The number of hydrogen-bond acceptors (Lipinski definition) is 4. The third-order valence-electron chi connectivity index (χ3n) is 3.64. The van der Waals surface area contributed by atoms with E-state index in [9.17, 15) is 5.11 Å². The minimum atomic E-state index is -0.305. The molecule has 20 heavy (non-hydrogen) atoms. The molecule has 1 atom stereocenters. The SMILES string of the molecule is COCCCSCC(CO)(NC1CC1)c1ccccc1. The molecule has 2 N–H and O–H groups in total. The number of hydrogen-bond donors (Lipinski definition) is 2. The molecule has 1 fully saturated rings. The van der Waals surface area contributed by atoms with Crippen molar-refractivity contribution in [2.24, 2.45) is 0 Å². The molecule has 0 spiro atoms. The van der Waals surface area contributed by atoms with Crippen LogP contribution in [0.5, 0.6) is 0 Å². The summed E-state index contributed by atoms with van der Waals surface area (Å²) in [6.45, 7) is 0.950. The molecule has 0 aromatic heterocycles. The van der Waals surface area contributed by atoms with Crippen LogP contribution in [0.15, 0.2) is 30.3 Å². The third-order valence-corrected chi connectivity index (χ3v) is 4.91. The molecule has 0 aliphatic heterocycles. The summed E-state index contributed by atoms with van der Waals surface area (Å²) in [5, 5.41) is 13.7. The van der Waals surface area contributed by atoms with Crippen molar-refractivity contribution >= 4 is 11.8 Å². The van der Waals surface area contributed by atoms with E-state index in [4.69, 9.17) is 4.74 Å². The number of rotatable bonds is 10. The van der Waals surface area contributed by atoms with E-state index >= 15 is 0 Å². The van der Waals surface area contributed by atoms with E-state index in [-0.39, 0.29) is 12.1 Å². The molecule has 1 unspecified atom stereocenters. The van der Waals surface area contributed by atoms with E-state index in [1.165, 1.54) is 18.4 Å². The van der Waals surface area contributed by atoms with E-state index in [0.29, 0.717) is 6.04 Å². The first-order chi connectivity index (χ1) is 9.80. The highest BCUT2D eigenvalue weighted by molar-refractivity contribution is 7.99. The van der Waals surface area contributed by atoms with E-state index in [1.807, 2.05) is 30.0 Å². The zero-order valence-electron chi connectivity index (χ0n) is 12.2. The highest BCUT2D eigenvalue weighted by atomic mass is 32.2. The highest BCUT2D eigenvalue weighted by Gasteiger charge is 2.37. The molecule has 1 aromatic carbocycles. The maximum absolute atomic E-state index is 10.0. The number of thioether (sulfide) groups is 1. The predicted molar refractivity (Wildman–Crippen MR) is 85.2 cm³/mol. The topological polar surface area (TPSA) is 41.5 Å². The van der Waals surface area contributed by atoms with Gasteiger partial charge >= 0.3 is 0 Å². The Morgan fingerprint density at radius 2 is 2.10 bits per heavy atom. The van der Waals surface area contributed by atoms with Crippen molar-refractivity contribution in [3.8, 4) is 0 Å². The molecule has 2 rings (SSSR count). The summed E-state index contributed by atoms with van der Waals surface area (Å²) in [4.78, 5) is 0. The second kappa shape index (κ2) is 8.03. The average molecular weight is 295 g/mol. The van der Waals surface area contributed by atoms with Gasteiger partial charge in [-0.15, -0.1) is 0 Å². The predicted octanol–water partition coefficient (Wildman–Crippen LogP) is 2.40. The van der Waals surface area contributed by atoms with Crippen molar-refractivity contribution in [1.29, 1.82) is 0 Å². The fourth-order valence-electron chi connectivity index (χ4n) is 2.32. The lowest BCUT2D eigenvalue weighted by molar-refractivity contribution is 0.177. The Morgan fingerprint density at radius 3 is 2.70 bits per heavy atom. The van der Waals surface area contributed by atoms with Gasteiger partial charge in [0.15, 0.2) is 0 Å². The Morgan fingerprint density at radius 1 is 1.35 bits per heavy atom. The minimum Gasteiger partial charge on any atom is -0.394 e. The van der Waals surface area contributed by atoms with Crippen LogP contribution in [0.2, 0.25) is 0 Å². The number of aliphatic hydroxyl groups excluding tert-OH is 1. The van der Waals surface area contributed by atoms with E-state index in [2.05, 4.69) is 17.4 Å². The van der Waals surface area contributed by atoms with Gasteiger partial charge in [-0.2, -0.15) is 11.8 Å². The largest absolute Gasteiger partial charge is 0.394 e.